The first-order chi connectivity index (χ1) is 15.8. The average Bonchev–Trinajstić information content (AvgIpc) is 3.12. The van der Waals surface area contributed by atoms with Crippen LogP contribution in [0, 0.1) is 0 Å². The third-order valence-corrected chi connectivity index (χ3v) is 6.74. The predicted octanol–water partition coefficient (Wildman–Crippen LogP) is -0.558. The molecule has 0 aliphatic carbocycles. The molecule has 0 saturated heterocycles. The Kier molecular flexibility index (Phi) is 19.7. The van der Waals surface area contributed by atoms with E-state index in [1.807, 2.05) is 0 Å². The van der Waals surface area contributed by atoms with Crippen LogP contribution in [0.2, 0.25) is 0 Å². The van der Waals surface area contributed by atoms with Gasteiger partial charge in [0.15, 0.2) is 0 Å². The molecular weight excluding hydrogens is 467 g/mol. The van der Waals surface area contributed by atoms with Crippen molar-refractivity contribution in [3.63, 3.8) is 0 Å². The number of allylic oxidation sites excluding steroid dienone is 2. The predicted molar refractivity (Wildman–Crippen MR) is 129 cm³/mol. The van der Waals surface area contributed by atoms with Gasteiger partial charge in [-0.1, -0.05) is 63.5 Å². The van der Waals surface area contributed by atoms with Gasteiger partial charge in [-0.2, -0.15) is 0 Å². The van der Waals surface area contributed by atoms with E-state index in [2.05, 4.69) is 19.1 Å². The van der Waals surface area contributed by atoms with Crippen LogP contribution in [-0.2, 0) is 14.9 Å². The molecule has 0 fully saturated rings. The number of unbranched alkanes of at least 4 members (excludes halogenated alkanes) is 10. The molecule has 1 heterocycles. The number of nitrogens with zero attached hydrogens (tertiary/aromatic N) is 2. The van der Waals surface area contributed by atoms with Gasteiger partial charge in [0.05, 0.1) is 22.5 Å². The molecule has 192 valence electrons. The standard InChI is InChI=1S/C24H44N2O6S.Na/c1-2-3-4-5-6-7-8-9-10-11-12-13-14-15-23(29)24-25(18-19-27)16-17-26(24)20-22(28)21-33(30,31)32;/h2-3,22,27-28H,4-21H2,1H3;/q;+1/b3-2+;. The van der Waals surface area contributed by atoms with Gasteiger partial charge in [-0.3, -0.25) is 14.3 Å². The first kappa shape index (κ1) is 33.7. The Balaban J connectivity index is 0.0000109. The number of rotatable bonds is 20. The van der Waals surface area contributed by atoms with Crippen molar-refractivity contribution >= 4 is 21.7 Å². The molecule has 0 amide bonds. The maximum Gasteiger partial charge on any atom is 1.00 e. The Labute approximate surface area is 228 Å². The number of β-amino-alcohol motifs (C(OH)–C–C–N with tert-alkyl or cyclic N) is 2. The molecule has 1 aliphatic heterocycles. The SMILES string of the molecule is C/C=C/CCCCCCCCCCCCC(=O)C1=[N+](CC(O)CS(=O)(=O)[O-])CCN1CCO.[Na+]. The third kappa shape index (κ3) is 15.7. The number of Topliss-reactive ketones (excluding diaryl/α,β-unsaturated/α-hetero) is 1. The first-order valence-corrected chi connectivity index (χ1v) is 14.1. The molecule has 0 saturated carbocycles. The molecule has 0 aromatic heterocycles. The molecule has 10 heteroatoms. The molecule has 0 aromatic carbocycles. The minimum atomic E-state index is -4.54. The Morgan fingerprint density at radius 2 is 1.65 bits per heavy atom. The van der Waals surface area contributed by atoms with E-state index in [9.17, 15) is 28.0 Å². The number of amidine groups is 1. The molecule has 8 nitrogen and oxygen atoms in total. The summed E-state index contributed by atoms with van der Waals surface area (Å²) in [5.74, 6) is -0.516. The Hall–Kier alpha value is -0.290. The molecule has 1 rings (SSSR count). The summed E-state index contributed by atoms with van der Waals surface area (Å²) in [6, 6.07) is 0. The summed E-state index contributed by atoms with van der Waals surface area (Å²) in [5, 5.41) is 19.2. The molecule has 34 heavy (non-hydrogen) atoms. The smallest absolute Gasteiger partial charge is 0.748 e. The second-order valence-corrected chi connectivity index (χ2v) is 10.4. The van der Waals surface area contributed by atoms with Gasteiger partial charge in [0.25, 0.3) is 0 Å². The minimum absolute atomic E-state index is 0. The van der Waals surface area contributed by atoms with Crippen LogP contribution >= 0.6 is 0 Å². The summed E-state index contributed by atoms with van der Waals surface area (Å²) in [7, 11) is -4.54. The summed E-state index contributed by atoms with van der Waals surface area (Å²) in [5.41, 5.74) is 0. The molecule has 0 bridgehead atoms. The van der Waals surface area contributed by atoms with Crippen molar-refractivity contribution in [1.29, 1.82) is 0 Å². The fraction of sp³-hybridized carbons (Fsp3) is 0.833. The molecule has 1 unspecified atom stereocenters. The van der Waals surface area contributed by atoms with E-state index in [1.54, 1.807) is 9.48 Å². The molecular formula is C24H44N2NaO6S+. The van der Waals surface area contributed by atoms with Crippen molar-refractivity contribution < 1.29 is 62.1 Å². The van der Waals surface area contributed by atoms with Gasteiger partial charge in [0.2, 0.25) is 5.78 Å². The van der Waals surface area contributed by atoms with Crippen molar-refractivity contribution in [1.82, 2.24) is 4.90 Å². The molecule has 1 atom stereocenters. The number of hydrogen-bond acceptors (Lipinski definition) is 7. The van der Waals surface area contributed by atoms with Crippen LogP contribution in [0.25, 0.3) is 0 Å². The molecule has 0 aromatic rings. The topological polar surface area (TPSA) is 121 Å². The maximum absolute atomic E-state index is 12.8. The monoisotopic (exact) mass is 511 g/mol. The van der Waals surface area contributed by atoms with Crippen LogP contribution in [0.1, 0.15) is 84.0 Å². The van der Waals surface area contributed by atoms with Gasteiger partial charge in [-0.15, -0.1) is 0 Å². The van der Waals surface area contributed by atoms with Gasteiger partial charge < -0.3 is 14.8 Å². The second-order valence-electron chi connectivity index (χ2n) is 8.92. The second kappa shape index (κ2) is 19.8. The van der Waals surface area contributed by atoms with Crippen LogP contribution in [0.3, 0.4) is 0 Å². The average molecular weight is 512 g/mol. The van der Waals surface area contributed by atoms with Crippen LogP contribution in [-0.4, -0.2) is 88.9 Å². The van der Waals surface area contributed by atoms with Crippen LogP contribution in [0.5, 0.6) is 0 Å². The Morgan fingerprint density at radius 1 is 1.09 bits per heavy atom. The van der Waals surface area contributed by atoms with Crippen LogP contribution in [0.15, 0.2) is 12.2 Å². The van der Waals surface area contributed by atoms with Gasteiger partial charge in [0.1, 0.15) is 32.3 Å². The summed E-state index contributed by atoms with van der Waals surface area (Å²) < 4.78 is 34.3. The van der Waals surface area contributed by atoms with Crippen molar-refractivity contribution in [2.75, 3.05) is 38.5 Å². The Morgan fingerprint density at radius 3 is 2.18 bits per heavy atom. The number of carbonyl (C=O) groups is 1. The van der Waals surface area contributed by atoms with E-state index in [1.165, 1.54) is 51.4 Å². The van der Waals surface area contributed by atoms with E-state index < -0.39 is 22.0 Å². The van der Waals surface area contributed by atoms with Gasteiger partial charge in [-0.25, -0.2) is 8.42 Å². The normalized spacial score (nSPS) is 15.2. The number of aliphatic hydroxyl groups is 2. The number of hydrogen-bond donors (Lipinski definition) is 2. The molecule has 2 N–H and O–H groups in total. The number of ketones is 1. The van der Waals surface area contributed by atoms with Gasteiger partial charge in [0, 0.05) is 6.42 Å². The quantitative estimate of drug-likeness (QED) is 0.0739. The third-order valence-electron chi connectivity index (χ3n) is 5.95. The zero-order valence-corrected chi connectivity index (χ0v) is 24.1. The fourth-order valence-corrected chi connectivity index (χ4v) is 4.88. The van der Waals surface area contributed by atoms with Crippen molar-refractivity contribution in [2.45, 2.75) is 90.1 Å². The molecule has 0 radical (unpaired) electrons. The van der Waals surface area contributed by atoms with Crippen molar-refractivity contribution in [3.05, 3.63) is 12.2 Å². The van der Waals surface area contributed by atoms with E-state index in [4.69, 9.17) is 0 Å². The van der Waals surface area contributed by atoms with Crippen LogP contribution < -0.4 is 29.6 Å². The van der Waals surface area contributed by atoms with E-state index in [0.29, 0.717) is 31.9 Å². The van der Waals surface area contributed by atoms with Crippen molar-refractivity contribution in [3.8, 4) is 0 Å². The summed E-state index contributed by atoms with van der Waals surface area (Å²) in [6.45, 7) is 3.16. The van der Waals surface area contributed by atoms with E-state index >= 15 is 0 Å². The summed E-state index contributed by atoms with van der Waals surface area (Å²) >= 11 is 0. The zero-order chi connectivity index (χ0) is 24.5. The summed E-state index contributed by atoms with van der Waals surface area (Å²) in [4.78, 5) is 14.6. The summed E-state index contributed by atoms with van der Waals surface area (Å²) in [6.07, 6.45) is 16.3. The fourth-order valence-electron chi connectivity index (χ4n) is 4.31. The van der Waals surface area contributed by atoms with E-state index in [-0.39, 0.29) is 48.5 Å². The van der Waals surface area contributed by atoms with Crippen molar-refractivity contribution in [2.24, 2.45) is 0 Å². The molecule has 0 spiro atoms. The Bertz CT molecular complexity index is 727. The minimum Gasteiger partial charge on any atom is -0.748 e. The van der Waals surface area contributed by atoms with Gasteiger partial charge >= 0.3 is 35.4 Å². The zero-order valence-electron chi connectivity index (χ0n) is 21.3. The number of aliphatic hydroxyl groups excluding tert-OH is 2. The number of carbonyl (C=O) groups excluding carboxylic acids is 1. The first-order valence-electron chi connectivity index (χ1n) is 12.5. The van der Waals surface area contributed by atoms with Crippen LogP contribution in [0.4, 0.5) is 0 Å². The van der Waals surface area contributed by atoms with Gasteiger partial charge in [-0.05, 0) is 26.2 Å². The maximum atomic E-state index is 12.8. The largest absolute Gasteiger partial charge is 1.00 e. The van der Waals surface area contributed by atoms with E-state index in [0.717, 1.165) is 19.3 Å². The molecule has 1 aliphatic rings.